The van der Waals surface area contributed by atoms with E-state index in [0.717, 1.165) is 11.1 Å². The topological polar surface area (TPSA) is 318 Å². The molecule has 0 fully saturated rings. The molecule has 63 heavy (non-hydrogen) atoms. The first-order chi connectivity index (χ1) is 29.7. The molecule has 0 spiro atoms. The number of rotatable bonds is 25. The summed E-state index contributed by atoms with van der Waals surface area (Å²) in [7, 11) is 2.61. The Morgan fingerprint density at radius 3 is 1.25 bits per heavy atom. The number of hydrogen-bond acceptors (Lipinski definition) is 15. The fraction of sp³-hybridized carbons (Fsp3) is 0.545. The second-order valence-electron chi connectivity index (χ2n) is 14.9. The van der Waals surface area contributed by atoms with Gasteiger partial charge in [-0.15, -0.1) is 0 Å². The maximum atomic E-state index is 12.4. The van der Waals surface area contributed by atoms with Gasteiger partial charge >= 0.3 is 17.9 Å². The third kappa shape index (κ3) is 25.7. The summed E-state index contributed by atoms with van der Waals surface area (Å²) < 4.78 is 9.01. The largest absolute Gasteiger partial charge is 0.481 e. The van der Waals surface area contributed by atoms with Gasteiger partial charge in [0.2, 0.25) is 17.7 Å². The van der Waals surface area contributed by atoms with E-state index in [0.29, 0.717) is 48.2 Å². The van der Waals surface area contributed by atoms with Crippen LogP contribution in [-0.4, -0.2) is 99.0 Å². The van der Waals surface area contributed by atoms with Crippen molar-refractivity contribution in [1.29, 1.82) is 0 Å². The van der Waals surface area contributed by atoms with E-state index in [9.17, 15) is 48.6 Å². The minimum absolute atomic E-state index is 0.0436. The van der Waals surface area contributed by atoms with Gasteiger partial charge in [0, 0.05) is 55.8 Å². The number of unbranched alkanes of at least 4 members (excludes halogenated alkanes) is 2. The number of aliphatic carboxylic acids is 1. The molecule has 2 rings (SSSR count). The first-order valence-electron chi connectivity index (χ1n) is 20.5. The van der Waals surface area contributed by atoms with Gasteiger partial charge in [0.1, 0.15) is 0 Å². The summed E-state index contributed by atoms with van der Waals surface area (Å²) in [6.07, 6.45) is 2.83. The number of carboxylic acid groups (broad SMARTS) is 1. The minimum Gasteiger partial charge on any atom is -0.481 e. The van der Waals surface area contributed by atoms with E-state index >= 15 is 0 Å². The van der Waals surface area contributed by atoms with Crippen LogP contribution >= 0.6 is 0 Å². The molecule has 0 aliphatic carbocycles. The molecule has 0 bridgehead atoms. The second-order valence-corrected chi connectivity index (χ2v) is 14.9. The maximum Gasteiger partial charge on any atom is 0.306 e. The molecule has 4 atom stereocenters. The molecule has 0 saturated carbocycles. The van der Waals surface area contributed by atoms with Crippen molar-refractivity contribution >= 4 is 58.6 Å². The predicted molar refractivity (Wildman–Crippen MR) is 231 cm³/mol. The minimum atomic E-state index is -1.04. The Labute approximate surface area is 368 Å². The summed E-state index contributed by atoms with van der Waals surface area (Å²) in [6.45, 7) is 5.60. The van der Waals surface area contributed by atoms with Crippen LogP contribution < -0.4 is 21.7 Å². The van der Waals surface area contributed by atoms with Crippen LogP contribution in [0.5, 0.6) is 0 Å². The number of amides is 3. The number of hydrogen-bond donors (Lipinski definition) is 9. The second kappa shape index (κ2) is 32.0. The van der Waals surface area contributed by atoms with E-state index in [1.54, 1.807) is 50.2 Å². The van der Waals surface area contributed by atoms with Crippen molar-refractivity contribution in [3.8, 4) is 0 Å². The maximum absolute atomic E-state index is 12.4. The van der Waals surface area contributed by atoms with Gasteiger partial charge in [0.25, 0.3) is 0 Å². The highest BCUT2D eigenvalue weighted by Crippen LogP contribution is 2.18. The van der Waals surface area contributed by atoms with Gasteiger partial charge in [-0.2, -0.15) is 0 Å². The lowest BCUT2D eigenvalue weighted by atomic mass is 9.99. The van der Waals surface area contributed by atoms with Gasteiger partial charge in [0.05, 0.1) is 58.6 Å². The Morgan fingerprint density at radius 1 is 0.556 bits per heavy atom. The molecule has 0 radical (unpaired) electrons. The molecule has 2 aromatic rings. The summed E-state index contributed by atoms with van der Waals surface area (Å²) in [4.78, 5) is 92.6. The lowest BCUT2D eigenvalue weighted by molar-refractivity contribution is -0.143. The van der Waals surface area contributed by atoms with E-state index in [4.69, 9.17) is 21.1 Å². The highest BCUT2D eigenvalue weighted by molar-refractivity contribution is 5.97. The highest BCUT2D eigenvalue weighted by atomic mass is 16.5. The van der Waals surface area contributed by atoms with Crippen molar-refractivity contribution in [3.63, 3.8) is 0 Å². The normalized spacial score (nSPS) is 12.3. The van der Waals surface area contributed by atoms with Crippen LogP contribution in [0.4, 0.5) is 11.4 Å². The van der Waals surface area contributed by atoms with E-state index in [-0.39, 0.29) is 106 Å². The van der Waals surface area contributed by atoms with Gasteiger partial charge in [-0.25, -0.2) is 0 Å². The van der Waals surface area contributed by atoms with Crippen LogP contribution in [-0.2, 0) is 74.3 Å². The average Bonchev–Trinajstić information content (AvgIpc) is 3.25. The summed E-state index contributed by atoms with van der Waals surface area (Å²) >= 11 is 0. The highest BCUT2D eigenvalue weighted by Gasteiger charge is 2.23. The number of nitrogens with two attached hydrogens (primary N) is 1. The number of Topliss-reactive ketones (excluding diaryl/α,β-unsaturated/α-hetero) is 2. The Bertz CT molecular complexity index is 1760. The number of carbonyl (C=O) groups is 8. The number of ether oxygens (including phenoxy) is 2. The Balaban J connectivity index is 0.00000103. The van der Waals surface area contributed by atoms with Crippen molar-refractivity contribution in [2.75, 3.05) is 25.3 Å². The number of esters is 2. The molecule has 0 heterocycles. The molecular weight excluding hydrogens is 824 g/mol. The van der Waals surface area contributed by atoms with E-state index in [1.165, 1.54) is 28.1 Å². The summed E-state index contributed by atoms with van der Waals surface area (Å²) in [5, 5.41) is 52.6. The third-order valence-electron chi connectivity index (χ3n) is 9.25. The molecule has 19 nitrogen and oxygen atoms in total. The number of benzene rings is 2. The van der Waals surface area contributed by atoms with Crippen molar-refractivity contribution in [2.45, 2.75) is 130 Å². The van der Waals surface area contributed by atoms with Crippen LogP contribution in [0.15, 0.2) is 36.4 Å². The fourth-order valence-electron chi connectivity index (χ4n) is 5.50. The van der Waals surface area contributed by atoms with Gasteiger partial charge in [-0.05, 0) is 86.1 Å². The van der Waals surface area contributed by atoms with Crippen LogP contribution in [0.1, 0.15) is 114 Å². The van der Waals surface area contributed by atoms with Crippen LogP contribution in [0.25, 0.3) is 0 Å². The van der Waals surface area contributed by atoms with Crippen molar-refractivity contribution in [2.24, 2.45) is 11.8 Å². The van der Waals surface area contributed by atoms with Crippen LogP contribution in [0.3, 0.4) is 0 Å². The van der Waals surface area contributed by atoms with Crippen molar-refractivity contribution in [3.05, 3.63) is 58.7 Å². The van der Waals surface area contributed by atoms with Crippen LogP contribution in [0, 0.1) is 11.8 Å². The van der Waals surface area contributed by atoms with Gasteiger partial charge in [0.15, 0.2) is 11.6 Å². The number of aliphatic hydroxyl groups is 4. The number of carbonyl (C=O) groups excluding carboxylic acids is 7. The molecule has 2 aromatic carbocycles. The van der Waals surface area contributed by atoms with Gasteiger partial charge < -0.3 is 56.7 Å². The van der Waals surface area contributed by atoms with Gasteiger partial charge in [-0.3, -0.25) is 38.4 Å². The number of anilines is 2. The standard InChI is InChI=1S/C22H32N2O7.C14H23NO6.C8H11NO2/c1-14(22(30)24-18-10-16(12-25)9-17(11-18)13-26)8-19(27)15(2)23-20(28)6-4-5-7-21(29)31-3;1-9(14(19)20)8-11(16)10(2)15-12(17)6-4-5-7-13(18)21-3;9-8-2-6(4-10)1-7(3-8)5-11/h9-11,14-15,25-26H,4-8,12-13H2,1-3H3,(H,23,28)(H,24,30);9-10H,4-8H2,1-3H3,(H,15,17)(H,19,20);1-3,10-11H,4-5,9H2/t14-,15+;9-,10+;/m11./s1. The molecule has 0 aliphatic heterocycles. The molecule has 0 aliphatic rings. The zero-order valence-corrected chi connectivity index (χ0v) is 37.1. The van der Waals surface area contributed by atoms with Crippen molar-refractivity contribution in [1.82, 2.24) is 10.6 Å². The molecule has 10 N–H and O–H groups in total. The average molecular weight is 891 g/mol. The Morgan fingerprint density at radius 2 is 0.905 bits per heavy atom. The molecular formula is C44H66N4O15. The van der Waals surface area contributed by atoms with Crippen molar-refractivity contribution < 1.29 is 73.4 Å². The molecule has 352 valence electrons. The summed E-state index contributed by atoms with van der Waals surface area (Å²) in [5.41, 5.74) is 9.04. The first-order valence-corrected chi connectivity index (χ1v) is 20.5. The fourth-order valence-corrected chi connectivity index (χ4v) is 5.50. The molecule has 0 saturated heterocycles. The number of carboxylic acids is 1. The molecule has 3 amide bonds. The van der Waals surface area contributed by atoms with E-state index in [1.807, 2.05) is 0 Å². The van der Waals surface area contributed by atoms with Crippen LogP contribution in [0.2, 0.25) is 0 Å². The van der Waals surface area contributed by atoms with Gasteiger partial charge in [-0.1, -0.05) is 26.0 Å². The third-order valence-corrected chi connectivity index (χ3v) is 9.25. The van der Waals surface area contributed by atoms with E-state index in [2.05, 4.69) is 25.4 Å². The summed E-state index contributed by atoms with van der Waals surface area (Å²) in [6, 6.07) is 8.45. The first kappa shape index (κ1) is 57.2. The zero-order valence-electron chi connectivity index (χ0n) is 37.1. The monoisotopic (exact) mass is 890 g/mol. The Hall–Kier alpha value is -5.76. The molecule has 19 heteroatoms. The summed E-state index contributed by atoms with van der Waals surface area (Å²) in [5.74, 6) is -4.63. The number of methoxy groups -OCH3 is 2. The number of nitrogens with one attached hydrogen (secondary N) is 3. The molecule has 0 unspecified atom stereocenters. The Kier molecular flexibility index (Phi) is 29.1. The quantitative estimate of drug-likeness (QED) is 0.0393. The molecule has 0 aromatic heterocycles. The lowest BCUT2D eigenvalue weighted by Gasteiger charge is -2.17. The van der Waals surface area contributed by atoms with E-state index < -0.39 is 29.9 Å². The smallest absolute Gasteiger partial charge is 0.306 e. The lowest BCUT2D eigenvalue weighted by Crippen LogP contribution is -2.39. The number of ketones is 2. The number of aliphatic hydroxyl groups excluding tert-OH is 4. The number of nitrogen functional groups attached to an aromatic ring is 1. The zero-order chi connectivity index (χ0) is 48.1. The predicted octanol–water partition coefficient (Wildman–Crippen LogP) is 2.60. The SMILES string of the molecule is COC(=O)CCCCC(=O)N[C@@H](C)C(=O)C[C@@H](C)C(=O)Nc1cc(CO)cc(CO)c1.COC(=O)CCCCC(=O)N[C@@H](C)C(=O)C[C@@H](C)C(=O)O.Nc1cc(CO)cc(CO)c1.